The van der Waals surface area contributed by atoms with Crippen molar-refractivity contribution in [2.45, 2.75) is 93.7 Å². The number of aldehydes is 1. The average molecular weight is 891 g/mol. The fourth-order valence-electron chi connectivity index (χ4n) is 10.9. The molecule has 1 aromatic heterocycles. The normalized spacial score (nSPS) is 31.2. The Hall–Kier alpha value is -4.06. The number of aliphatic hydroxyl groups excluding tert-OH is 3. The number of allylic oxidation sites excluding steroid dienone is 2. The average Bonchev–Trinajstić information content (AvgIpc) is 3.61. The van der Waals surface area contributed by atoms with Crippen LogP contribution in [-0.4, -0.2) is 113 Å². The molecule has 16 heteroatoms. The molecular weight excluding hydrogens is 833 g/mol. The standard InChI is InChI=1S/C46H58N4O10S2/c1-4-26(8-11-52)44(57)60-45(2)9-7-27-24-61-62-37-15-32(23-54)41(48-3)34-21-50(42(34)37)39(55)16-31-20-49-38(47)17-33(31)40(27)46(45)19-30-14-28-13-29(12-25(22-53)6-5-10-51)43(56)58-35(28)18-36(30)59-46/h4,7,13-14,17-18,23,25,32,34,37,40-42,48-49,51-53H,5-6,8-12,15-16,19-22,24,47H2,1-3H3. The van der Waals surface area contributed by atoms with Crippen molar-refractivity contribution in [2.24, 2.45) is 29.4 Å². The highest BCUT2D eigenvalue weighted by molar-refractivity contribution is 8.77. The van der Waals surface area contributed by atoms with Gasteiger partial charge in [0.2, 0.25) is 5.91 Å². The minimum atomic E-state index is -1.30. The third-order valence-corrected chi connectivity index (χ3v) is 17.0. The van der Waals surface area contributed by atoms with Crippen LogP contribution < -0.4 is 26.7 Å². The van der Waals surface area contributed by atoms with Gasteiger partial charge in [-0.25, -0.2) is 9.59 Å². The maximum Gasteiger partial charge on any atom is 0.339 e. The second-order valence-corrected chi connectivity index (χ2v) is 20.4. The van der Waals surface area contributed by atoms with E-state index in [1.165, 1.54) is 0 Å². The molecule has 8 rings (SSSR count). The van der Waals surface area contributed by atoms with E-state index in [1.807, 2.05) is 31.0 Å². The minimum Gasteiger partial charge on any atom is -0.481 e. The van der Waals surface area contributed by atoms with Crippen molar-refractivity contribution < 1.29 is 43.6 Å². The second-order valence-electron chi connectivity index (χ2n) is 17.8. The molecule has 2 fully saturated rings. The van der Waals surface area contributed by atoms with E-state index in [0.29, 0.717) is 78.2 Å². The van der Waals surface area contributed by atoms with Crippen LogP contribution in [0.2, 0.25) is 0 Å². The van der Waals surface area contributed by atoms with Crippen LogP contribution in [0.15, 0.2) is 73.8 Å². The number of carbonyl (C=O) groups is 3. The van der Waals surface area contributed by atoms with Crippen LogP contribution in [0.25, 0.3) is 11.0 Å². The number of nitrogens with one attached hydrogen (secondary N) is 2. The Balaban J connectivity index is 1.25. The van der Waals surface area contributed by atoms with E-state index in [-0.39, 0.29) is 86.5 Å². The maximum absolute atomic E-state index is 14.5. The molecule has 1 spiro atoms. The summed E-state index contributed by atoms with van der Waals surface area (Å²) >= 11 is 0. The molecule has 1 aromatic carbocycles. The summed E-state index contributed by atoms with van der Waals surface area (Å²) in [5, 5.41) is 36.7. The number of nitrogens with zero attached hydrogens (tertiary/aromatic N) is 1. The number of esters is 1. The number of hydrogen-bond donors (Lipinski definition) is 6. The first kappa shape index (κ1) is 44.5. The number of amides is 1. The van der Waals surface area contributed by atoms with Gasteiger partial charge in [-0.3, -0.25) is 4.79 Å². The van der Waals surface area contributed by atoms with Crippen LogP contribution >= 0.6 is 21.6 Å². The van der Waals surface area contributed by atoms with Crippen LogP contribution in [0.1, 0.15) is 63.5 Å². The van der Waals surface area contributed by atoms with E-state index in [4.69, 9.17) is 19.6 Å². The number of hydrogen-bond acceptors (Lipinski definition) is 15. The summed E-state index contributed by atoms with van der Waals surface area (Å²) in [6.45, 7) is 4.14. The third-order valence-electron chi connectivity index (χ3n) is 14.2. The van der Waals surface area contributed by atoms with Crippen molar-refractivity contribution in [1.82, 2.24) is 15.5 Å². The molecule has 1 amide bonds. The lowest BCUT2D eigenvalue weighted by Gasteiger charge is -2.58. The fourth-order valence-corrected chi connectivity index (χ4v) is 14.1. The molecule has 334 valence electrons. The lowest BCUT2D eigenvalue weighted by Crippen LogP contribution is -2.71. The van der Waals surface area contributed by atoms with Gasteiger partial charge in [0, 0.05) is 104 Å². The van der Waals surface area contributed by atoms with Crippen molar-refractivity contribution in [3.8, 4) is 5.75 Å². The first-order valence-electron chi connectivity index (χ1n) is 21.7. The summed E-state index contributed by atoms with van der Waals surface area (Å²) < 4.78 is 19.9. The largest absolute Gasteiger partial charge is 0.481 e. The van der Waals surface area contributed by atoms with Crippen LogP contribution in [0.5, 0.6) is 5.75 Å². The van der Waals surface area contributed by atoms with E-state index in [1.54, 1.807) is 46.7 Å². The van der Waals surface area contributed by atoms with Gasteiger partial charge in [0.05, 0.1) is 24.2 Å². The van der Waals surface area contributed by atoms with Gasteiger partial charge in [0.1, 0.15) is 17.6 Å². The van der Waals surface area contributed by atoms with E-state index in [0.717, 1.165) is 28.6 Å². The summed E-state index contributed by atoms with van der Waals surface area (Å²) in [6, 6.07) is 5.47. The fraction of sp³-hybridized carbons (Fsp3) is 0.565. The third kappa shape index (κ3) is 7.93. The van der Waals surface area contributed by atoms with Gasteiger partial charge in [-0.05, 0) is 87.4 Å². The van der Waals surface area contributed by atoms with Gasteiger partial charge < -0.3 is 55.3 Å². The van der Waals surface area contributed by atoms with E-state index in [2.05, 4.69) is 16.7 Å². The number of carbonyl (C=O) groups excluding carboxylic acids is 3. The quantitative estimate of drug-likeness (QED) is 0.0450. The SMILES string of the molecule is CC=C(CCO)C(=O)OC1(C)CC=C2CSSC3CC(C=O)C(NC)C4CN(C(=O)CC5=C(C=C(N)NC5)C2C12Cc1cc5cc(CC(CO)CCCO)c(=O)oc5cc1O2)C34. The van der Waals surface area contributed by atoms with Gasteiger partial charge >= 0.3 is 11.6 Å². The number of nitrogens with two attached hydrogens (primary N) is 1. The van der Waals surface area contributed by atoms with Gasteiger partial charge in [0.15, 0.2) is 11.2 Å². The smallest absolute Gasteiger partial charge is 0.339 e. The van der Waals surface area contributed by atoms with Crippen LogP contribution in [-0.2, 0) is 32.0 Å². The molecule has 0 radical (unpaired) electrons. The summed E-state index contributed by atoms with van der Waals surface area (Å²) in [5.41, 5.74) is 8.10. The van der Waals surface area contributed by atoms with Crippen LogP contribution in [0.4, 0.5) is 0 Å². The van der Waals surface area contributed by atoms with Crippen molar-refractivity contribution >= 4 is 50.7 Å². The Bertz CT molecular complexity index is 2290. The first-order valence-corrected chi connectivity index (χ1v) is 24.1. The van der Waals surface area contributed by atoms with Crippen LogP contribution in [0, 0.1) is 23.7 Å². The molecule has 14 nitrogen and oxygen atoms in total. The summed E-state index contributed by atoms with van der Waals surface area (Å²) in [7, 11) is 5.32. The second kappa shape index (κ2) is 18.2. The maximum atomic E-state index is 14.5. The number of fused-ring (bicyclic) bond motifs is 5. The molecule has 62 heavy (non-hydrogen) atoms. The Morgan fingerprint density at radius 2 is 2.03 bits per heavy atom. The topological polar surface area (TPSA) is 214 Å². The zero-order chi connectivity index (χ0) is 43.9. The number of benzene rings is 1. The summed E-state index contributed by atoms with van der Waals surface area (Å²) in [5.74, 6) is 0.149. The highest BCUT2D eigenvalue weighted by Crippen LogP contribution is 2.58. The van der Waals surface area contributed by atoms with Crippen molar-refractivity contribution in [3.05, 3.63) is 86.1 Å². The summed E-state index contributed by atoms with van der Waals surface area (Å²) in [6.07, 6.45) is 9.57. The zero-order valence-electron chi connectivity index (χ0n) is 35.5. The van der Waals surface area contributed by atoms with E-state index >= 15 is 0 Å². The van der Waals surface area contributed by atoms with Gasteiger partial charge in [-0.2, -0.15) is 0 Å². The van der Waals surface area contributed by atoms with Gasteiger partial charge in [-0.15, -0.1) is 0 Å². The Morgan fingerprint density at radius 3 is 2.76 bits per heavy atom. The Morgan fingerprint density at radius 1 is 1.21 bits per heavy atom. The lowest BCUT2D eigenvalue weighted by molar-refractivity contribution is -0.186. The molecule has 1 saturated carbocycles. The van der Waals surface area contributed by atoms with Gasteiger partial charge in [0.25, 0.3) is 0 Å². The molecule has 9 atom stereocenters. The molecule has 2 aromatic rings. The number of rotatable bonds is 12. The Kier molecular flexibility index (Phi) is 13.1. The summed E-state index contributed by atoms with van der Waals surface area (Å²) in [4.78, 5) is 56.4. The zero-order valence-corrected chi connectivity index (χ0v) is 37.2. The van der Waals surface area contributed by atoms with Crippen LogP contribution in [0.3, 0.4) is 0 Å². The van der Waals surface area contributed by atoms with Gasteiger partial charge in [-0.1, -0.05) is 39.3 Å². The predicted octanol–water partition coefficient (Wildman–Crippen LogP) is 3.45. The van der Waals surface area contributed by atoms with E-state index < -0.39 is 28.7 Å². The van der Waals surface area contributed by atoms with Crippen molar-refractivity contribution in [1.29, 1.82) is 0 Å². The number of aliphatic hydroxyl groups is 3. The lowest BCUT2D eigenvalue weighted by atomic mass is 9.61. The molecule has 4 aliphatic heterocycles. The van der Waals surface area contributed by atoms with Crippen molar-refractivity contribution in [3.63, 3.8) is 0 Å². The van der Waals surface area contributed by atoms with Crippen molar-refractivity contribution in [2.75, 3.05) is 45.7 Å². The molecular formula is C46H58N4O10S2. The number of dihydropyridines is 1. The molecule has 1 saturated heterocycles. The molecule has 5 heterocycles. The molecule has 2 aliphatic carbocycles. The molecule has 6 aliphatic rings. The molecule has 7 N–H and O–H groups in total. The monoisotopic (exact) mass is 890 g/mol. The Labute approximate surface area is 369 Å². The molecule has 0 bridgehead atoms. The van der Waals surface area contributed by atoms with E-state index in [9.17, 15) is 34.5 Å². The molecule has 9 unspecified atom stereocenters. The number of ether oxygens (including phenoxy) is 2. The predicted molar refractivity (Wildman–Crippen MR) is 238 cm³/mol. The minimum absolute atomic E-state index is 0.00280. The highest BCUT2D eigenvalue weighted by atomic mass is 33.1. The first-order chi connectivity index (χ1) is 29.9. The highest BCUT2D eigenvalue weighted by Gasteiger charge is 2.64.